The number of anilines is 1. The zero-order chi connectivity index (χ0) is 16.6. The van der Waals surface area contributed by atoms with Crippen LogP contribution in [0.4, 0.5) is 5.69 Å². The highest BCUT2D eigenvalue weighted by Gasteiger charge is 2.15. The van der Waals surface area contributed by atoms with Gasteiger partial charge in [-0.25, -0.2) is 17.9 Å². The summed E-state index contributed by atoms with van der Waals surface area (Å²) < 4.78 is 24.3. The molecule has 3 aromatic rings. The van der Waals surface area contributed by atoms with E-state index in [1.807, 2.05) is 6.92 Å². The van der Waals surface area contributed by atoms with Gasteiger partial charge < -0.3 is 5.32 Å². The summed E-state index contributed by atoms with van der Waals surface area (Å²) in [6.07, 6.45) is 2.71. The van der Waals surface area contributed by atoms with Crippen LogP contribution in [0.25, 0.3) is 5.78 Å². The SMILES string of the molecule is Cc1ccnc2nc(C(=O)Nc3ccc(S(C)(=O)=O)cc3)nn12. The summed E-state index contributed by atoms with van der Waals surface area (Å²) in [5.41, 5.74) is 1.25. The average molecular weight is 331 g/mol. The second-order valence-corrected chi connectivity index (χ2v) is 7.00. The lowest BCUT2D eigenvalue weighted by Gasteiger charge is -2.03. The number of hydrogen-bond acceptors (Lipinski definition) is 6. The Balaban J connectivity index is 1.84. The lowest BCUT2D eigenvalue weighted by Crippen LogP contribution is -2.14. The van der Waals surface area contributed by atoms with E-state index >= 15 is 0 Å². The monoisotopic (exact) mass is 331 g/mol. The quantitative estimate of drug-likeness (QED) is 0.770. The molecular weight excluding hydrogens is 318 g/mol. The minimum absolute atomic E-state index is 0.0148. The standard InChI is InChI=1S/C14H13N5O3S/c1-9-7-8-15-14-17-12(18-19(9)14)13(20)16-10-3-5-11(6-4-10)23(2,21)22/h3-8H,1-2H3,(H,16,20). The van der Waals surface area contributed by atoms with Crippen LogP contribution in [0.2, 0.25) is 0 Å². The molecule has 0 aliphatic rings. The van der Waals surface area contributed by atoms with Gasteiger partial charge in [0.15, 0.2) is 9.84 Å². The highest BCUT2D eigenvalue weighted by atomic mass is 32.2. The minimum Gasteiger partial charge on any atom is -0.319 e. The van der Waals surface area contributed by atoms with Crippen molar-refractivity contribution >= 4 is 27.2 Å². The Bertz CT molecular complexity index is 993. The minimum atomic E-state index is -3.27. The number of nitrogens with zero attached hydrogens (tertiary/aromatic N) is 4. The zero-order valence-corrected chi connectivity index (χ0v) is 13.2. The Kier molecular flexibility index (Phi) is 3.57. The summed E-state index contributed by atoms with van der Waals surface area (Å²) in [6.45, 7) is 1.83. The van der Waals surface area contributed by atoms with Crippen molar-refractivity contribution in [3.05, 3.63) is 48.0 Å². The molecule has 1 aromatic carbocycles. The molecule has 3 rings (SSSR count). The van der Waals surface area contributed by atoms with Crippen molar-refractivity contribution in [1.29, 1.82) is 0 Å². The van der Waals surface area contributed by atoms with Crippen LogP contribution < -0.4 is 5.32 Å². The topological polar surface area (TPSA) is 106 Å². The van der Waals surface area contributed by atoms with Gasteiger partial charge in [0.1, 0.15) is 0 Å². The largest absolute Gasteiger partial charge is 0.319 e. The lowest BCUT2D eigenvalue weighted by atomic mass is 10.3. The molecule has 1 N–H and O–H groups in total. The summed E-state index contributed by atoms with van der Waals surface area (Å²) >= 11 is 0. The second kappa shape index (κ2) is 5.43. The van der Waals surface area contributed by atoms with E-state index in [1.165, 1.54) is 28.8 Å². The van der Waals surface area contributed by atoms with Crippen molar-refractivity contribution in [3.8, 4) is 0 Å². The number of sulfone groups is 1. The molecule has 0 saturated heterocycles. The second-order valence-electron chi connectivity index (χ2n) is 4.98. The van der Waals surface area contributed by atoms with E-state index < -0.39 is 15.7 Å². The predicted octanol–water partition coefficient (Wildman–Crippen LogP) is 1.09. The van der Waals surface area contributed by atoms with Gasteiger partial charge in [0.2, 0.25) is 5.82 Å². The smallest absolute Gasteiger partial charge is 0.295 e. The molecule has 9 heteroatoms. The zero-order valence-electron chi connectivity index (χ0n) is 12.4. The molecule has 2 heterocycles. The number of hydrogen-bond donors (Lipinski definition) is 1. The Morgan fingerprint density at radius 3 is 2.48 bits per heavy atom. The van der Waals surface area contributed by atoms with Crippen molar-refractivity contribution < 1.29 is 13.2 Å². The molecule has 0 saturated carbocycles. The van der Waals surface area contributed by atoms with Crippen molar-refractivity contribution in [3.63, 3.8) is 0 Å². The molecule has 118 valence electrons. The fourth-order valence-corrected chi connectivity index (χ4v) is 2.61. The summed E-state index contributed by atoms with van der Waals surface area (Å²) in [7, 11) is -3.27. The maximum atomic E-state index is 12.2. The number of aryl methyl sites for hydroxylation is 1. The van der Waals surface area contributed by atoms with E-state index in [9.17, 15) is 13.2 Å². The van der Waals surface area contributed by atoms with Gasteiger partial charge in [-0.2, -0.15) is 4.98 Å². The van der Waals surface area contributed by atoms with Crippen LogP contribution in [0.1, 0.15) is 16.3 Å². The van der Waals surface area contributed by atoms with Crippen molar-refractivity contribution in [2.24, 2.45) is 0 Å². The Labute approximate surface area is 132 Å². The number of rotatable bonds is 3. The third-order valence-corrected chi connectivity index (χ3v) is 4.30. The fraction of sp³-hybridized carbons (Fsp3) is 0.143. The van der Waals surface area contributed by atoms with Crippen molar-refractivity contribution in [1.82, 2.24) is 19.6 Å². The molecule has 0 spiro atoms. The van der Waals surface area contributed by atoms with Crippen LogP contribution >= 0.6 is 0 Å². The summed E-state index contributed by atoms with van der Waals surface area (Å²) in [5, 5.41) is 6.72. The molecule has 0 atom stereocenters. The first kappa shape index (κ1) is 15.1. The average Bonchev–Trinajstić information content (AvgIpc) is 2.92. The van der Waals surface area contributed by atoms with Gasteiger partial charge in [0.05, 0.1) is 4.90 Å². The molecule has 0 aliphatic carbocycles. The summed E-state index contributed by atoms with van der Waals surface area (Å²) in [6, 6.07) is 7.62. The number of benzene rings is 1. The number of amides is 1. The third-order valence-electron chi connectivity index (χ3n) is 3.17. The molecule has 0 bridgehead atoms. The summed E-state index contributed by atoms with van der Waals surface area (Å²) in [4.78, 5) is 20.5. The van der Waals surface area contributed by atoms with Crippen LogP contribution in [0.3, 0.4) is 0 Å². The van der Waals surface area contributed by atoms with Gasteiger partial charge in [-0.3, -0.25) is 4.79 Å². The van der Waals surface area contributed by atoms with E-state index in [0.29, 0.717) is 11.5 Å². The molecule has 2 aromatic heterocycles. The molecule has 8 nitrogen and oxygen atoms in total. The van der Waals surface area contributed by atoms with E-state index in [-0.39, 0.29) is 10.7 Å². The van der Waals surface area contributed by atoms with Gasteiger partial charge in [0.25, 0.3) is 11.7 Å². The first-order chi connectivity index (χ1) is 10.8. The van der Waals surface area contributed by atoms with Gasteiger partial charge in [0, 0.05) is 23.8 Å². The first-order valence-corrected chi connectivity index (χ1v) is 8.53. The van der Waals surface area contributed by atoms with Crippen LogP contribution in [-0.4, -0.2) is 40.2 Å². The molecule has 1 amide bonds. The highest BCUT2D eigenvalue weighted by molar-refractivity contribution is 7.90. The molecule has 0 radical (unpaired) electrons. The lowest BCUT2D eigenvalue weighted by molar-refractivity contribution is 0.101. The molecular formula is C14H13N5O3S. The normalized spacial score (nSPS) is 11.6. The number of nitrogens with one attached hydrogen (secondary N) is 1. The number of carbonyl (C=O) groups excluding carboxylic acids is 1. The van der Waals surface area contributed by atoms with Gasteiger partial charge in [-0.05, 0) is 37.3 Å². The van der Waals surface area contributed by atoms with Crippen molar-refractivity contribution in [2.45, 2.75) is 11.8 Å². The Morgan fingerprint density at radius 1 is 1.17 bits per heavy atom. The number of carbonyl (C=O) groups is 1. The maximum absolute atomic E-state index is 12.2. The fourth-order valence-electron chi connectivity index (χ4n) is 1.98. The summed E-state index contributed by atoms with van der Waals surface area (Å²) in [5.74, 6) is -0.177. The van der Waals surface area contributed by atoms with Gasteiger partial charge in [-0.1, -0.05) is 0 Å². The van der Waals surface area contributed by atoms with E-state index in [2.05, 4.69) is 20.4 Å². The van der Waals surface area contributed by atoms with Crippen LogP contribution in [0.15, 0.2) is 41.4 Å². The van der Waals surface area contributed by atoms with Gasteiger partial charge >= 0.3 is 0 Å². The van der Waals surface area contributed by atoms with Crippen LogP contribution in [-0.2, 0) is 9.84 Å². The predicted molar refractivity (Wildman–Crippen MR) is 83.0 cm³/mol. The third kappa shape index (κ3) is 3.04. The number of aromatic nitrogens is 4. The maximum Gasteiger partial charge on any atom is 0.295 e. The van der Waals surface area contributed by atoms with E-state index in [0.717, 1.165) is 11.9 Å². The molecule has 0 unspecified atom stereocenters. The van der Waals surface area contributed by atoms with Crippen LogP contribution in [0, 0.1) is 6.92 Å². The number of fused-ring (bicyclic) bond motifs is 1. The molecule has 0 fully saturated rings. The Hall–Kier alpha value is -2.81. The van der Waals surface area contributed by atoms with Crippen molar-refractivity contribution in [2.75, 3.05) is 11.6 Å². The highest BCUT2D eigenvalue weighted by Crippen LogP contribution is 2.14. The van der Waals surface area contributed by atoms with Crippen LogP contribution in [0.5, 0.6) is 0 Å². The van der Waals surface area contributed by atoms with Gasteiger partial charge in [-0.15, -0.1) is 5.10 Å². The molecule has 0 aliphatic heterocycles. The van der Waals surface area contributed by atoms with E-state index in [4.69, 9.17) is 0 Å². The molecule has 23 heavy (non-hydrogen) atoms. The van der Waals surface area contributed by atoms with E-state index in [1.54, 1.807) is 12.3 Å². The Morgan fingerprint density at radius 2 is 1.87 bits per heavy atom. The first-order valence-electron chi connectivity index (χ1n) is 6.64.